The number of rotatable bonds is 3. The molecule has 4 atom stereocenters. The van der Waals surface area contributed by atoms with Gasteiger partial charge in [-0.2, -0.15) is 0 Å². The molecule has 0 spiro atoms. The summed E-state index contributed by atoms with van der Waals surface area (Å²) in [4.78, 5) is 4.99. The highest BCUT2D eigenvalue weighted by atomic mass is 19.1. The molecule has 2 saturated heterocycles. The van der Waals surface area contributed by atoms with Crippen LogP contribution in [0.1, 0.15) is 50.3 Å². The summed E-state index contributed by atoms with van der Waals surface area (Å²) in [7, 11) is 2.16. The lowest BCUT2D eigenvalue weighted by atomic mass is 9.95. The molecule has 0 aromatic heterocycles. The van der Waals surface area contributed by atoms with Gasteiger partial charge in [-0.3, -0.25) is 9.80 Å². The fourth-order valence-electron chi connectivity index (χ4n) is 6.06. The average molecular weight is 447 g/mol. The Hall–Kier alpha value is -2.23. The van der Waals surface area contributed by atoms with Crippen molar-refractivity contribution in [3.05, 3.63) is 83.2 Å². The molecule has 2 aliphatic heterocycles. The van der Waals surface area contributed by atoms with Crippen molar-refractivity contribution in [1.29, 1.82) is 0 Å². The van der Waals surface area contributed by atoms with Gasteiger partial charge in [0.1, 0.15) is 5.82 Å². The zero-order valence-corrected chi connectivity index (χ0v) is 20.9. The van der Waals surface area contributed by atoms with E-state index < -0.39 is 0 Å². The standard InChI is InChI=1S/C15H19N.C13H14FN.C2H6/c1-3-16-10-12-8-14(15(16)9-12)13-7-5-4-6-11(13)2;1-15-8-10-6-12(15)7-13(10)9-3-2-4-11(14)5-9;1-2/h4-8,12,15H,3,9-10H2,1-2H3;2-5,7,10,12H,6,8H2,1H3;1-2H3. The molecule has 0 radical (unpaired) electrons. The van der Waals surface area contributed by atoms with E-state index in [1.165, 1.54) is 48.7 Å². The molecule has 4 aliphatic rings. The van der Waals surface area contributed by atoms with Crippen molar-refractivity contribution in [1.82, 2.24) is 9.80 Å². The van der Waals surface area contributed by atoms with E-state index in [-0.39, 0.29) is 5.82 Å². The summed E-state index contributed by atoms with van der Waals surface area (Å²) in [5.41, 5.74) is 6.87. The van der Waals surface area contributed by atoms with Crippen molar-refractivity contribution >= 4 is 11.1 Å². The highest BCUT2D eigenvalue weighted by Gasteiger charge is 2.39. The van der Waals surface area contributed by atoms with Crippen LogP contribution in [0, 0.1) is 24.6 Å². The van der Waals surface area contributed by atoms with Gasteiger partial charge in [-0.05, 0) is 85.2 Å². The Bertz CT molecular complexity index is 1020. The summed E-state index contributed by atoms with van der Waals surface area (Å²) in [6.07, 6.45) is 7.36. The van der Waals surface area contributed by atoms with Crippen LogP contribution < -0.4 is 0 Å². The van der Waals surface area contributed by atoms with Gasteiger partial charge in [-0.25, -0.2) is 4.39 Å². The number of fused-ring (bicyclic) bond motifs is 4. The maximum Gasteiger partial charge on any atom is 0.123 e. The lowest BCUT2D eigenvalue weighted by Gasteiger charge is -2.27. The van der Waals surface area contributed by atoms with Crippen LogP contribution >= 0.6 is 0 Å². The molecule has 6 rings (SSSR count). The van der Waals surface area contributed by atoms with Crippen molar-refractivity contribution in [2.75, 3.05) is 26.7 Å². The van der Waals surface area contributed by atoms with E-state index in [2.05, 4.69) is 67.1 Å². The Kier molecular flexibility index (Phi) is 7.51. The van der Waals surface area contributed by atoms with Crippen LogP contribution in [0.2, 0.25) is 0 Å². The van der Waals surface area contributed by atoms with Crippen LogP contribution in [0.4, 0.5) is 4.39 Å². The van der Waals surface area contributed by atoms with Crippen molar-refractivity contribution in [3.8, 4) is 0 Å². The molecule has 0 saturated carbocycles. The molecule has 0 N–H and O–H groups in total. The van der Waals surface area contributed by atoms with Gasteiger partial charge in [-0.15, -0.1) is 0 Å². The van der Waals surface area contributed by atoms with Gasteiger partial charge in [0.2, 0.25) is 0 Å². The van der Waals surface area contributed by atoms with E-state index >= 15 is 0 Å². The fraction of sp³-hybridized carbons (Fsp3) is 0.467. The lowest BCUT2D eigenvalue weighted by Crippen LogP contribution is -2.32. The third-order valence-corrected chi connectivity index (χ3v) is 7.64. The van der Waals surface area contributed by atoms with E-state index in [1.54, 1.807) is 17.7 Å². The molecule has 176 valence electrons. The first kappa shape index (κ1) is 23.9. The number of likely N-dealkylation sites (tertiary alicyclic amines) is 2. The molecule has 2 fully saturated rings. The van der Waals surface area contributed by atoms with Crippen LogP contribution in [0.3, 0.4) is 0 Å². The Labute approximate surface area is 199 Å². The maximum absolute atomic E-state index is 13.1. The molecule has 2 aromatic carbocycles. The fourth-order valence-corrected chi connectivity index (χ4v) is 6.06. The summed E-state index contributed by atoms with van der Waals surface area (Å²) in [5.74, 6) is 1.28. The van der Waals surface area contributed by atoms with Crippen molar-refractivity contribution < 1.29 is 4.39 Å². The van der Waals surface area contributed by atoms with Crippen LogP contribution in [-0.4, -0.2) is 48.6 Å². The molecule has 4 bridgehead atoms. The summed E-state index contributed by atoms with van der Waals surface area (Å²) in [6.45, 7) is 12.1. The Balaban J connectivity index is 0.000000147. The molecule has 2 aromatic rings. The first-order valence-corrected chi connectivity index (χ1v) is 12.7. The van der Waals surface area contributed by atoms with Crippen LogP contribution in [0.15, 0.2) is 60.7 Å². The summed E-state index contributed by atoms with van der Waals surface area (Å²) >= 11 is 0. The summed E-state index contributed by atoms with van der Waals surface area (Å²) < 4.78 is 13.1. The zero-order valence-electron chi connectivity index (χ0n) is 20.9. The largest absolute Gasteiger partial charge is 0.299 e. The first-order chi connectivity index (χ1) is 16.0. The molecule has 33 heavy (non-hydrogen) atoms. The number of aryl methyl sites for hydroxylation is 1. The maximum atomic E-state index is 13.1. The highest BCUT2D eigenvalue weighted by Crippen LogP contribution is 2.42. The Morgan fingerprint density at radius 1 is 0.939 bits per heavy atom. The van der Waals surface area contributed by atoms with Gasteiger partial charge in [0, 0.05) is 25.2 Å². The van der Waals surface area contributed by atoms with Gasteiger partial charge in [-0.1, -0.05) is 69.3 Å². The first-order valence-electron chi connectivity index (χ1n) is 12.7. The minimum Gasteiger partial charge on any atom is -0.299 e. The van der Waals surface area contributed by atoms with E-state index in [0.29, 0.717) is 18.0 Å². The monoisotopic (exact) mass is 446 g/mol. The second kappa shape index (κ2) is 10.4. The van der Waals surface area contributed by atoms with Gasteiger partial charge in [0.15, 0.2) is 0 Å². The van der Waals surface area contributed by atoms with Crippen LogP contribution in [0.25, 0.3) is 11.1 Å². The van der Waals surface area contributed by atoms with E-state index in [0.717, 1.165) is 18.0 Å². The number of hydrogen-bond acceptors (Lipinski definition) is 2. The van der Waals surface area contributed by atoms with Gasteiger partial charge >= 0.3 is 0 Å². The highest BCUT2D eigenvalue weighted by molar-refractivity contribution is 5.75. The van der Waals surface area contributed by atoms with E-state index in [9.17, 15) is 4.39 Å². The molecule has 0 amide bonds. The number of nitrogens with zero attached hydrogens (tertiary/aromatic N) is 2. The third-order valence-electron chi connectivity index (χ3n) is 7.64. The van der Waals surface area contributed by atoms with Crippen molar-refractivity contribution in [2.45, 2.75) is 52.6 Å². The van der Waals surface area contributed by atoms with E-state index in [1.807, 2.05) is 19.9 Å². The van der Waals surface area contributed by atoms with Gasteiger partial charge in [0.05, 0.1) is 0 Å². The number of halogens is 1. The summed E-state index contributed by atoms with van der Waals surface area (Å²) in [6, 6.07) is 17.0. The molecular weight excluding hydrogens is 407 g/mol. The van der Waals surface area contributed by atoms with Crippen LogP contribution in [0.5, 0.6) is 0 Å². The molecule has 2 heterocycles. The predicted octanol–water partition coefficient (Wildman–Crippen LogP) is 6.67. The molecule has 3 heteroatoms. The van der Waals surface area contributed by atoms with Crippen LogP contribution in [-0.2, 0) is 0 Å². The lowest BCUT2D eigenvalue weighted by molar-refractivity contribution is 0.302. The molecular formula is C30H39FN2. The topological polar surface area (TPSA) is 6.48 Å². The molecule has 2 nitrogen and oxygen atoms in total. The minimum atomic E-state index is -0.135. The summed E-state index contributed by atoms with van der Waals surface area (Å²) in [5, 5.41) is 0. The average Bonchev–Trinajstić information content (AvgIpc) is 3.61. The minimum absolute atomic E-state index is 0.135. The molecule has 2 aliphatic carbocycles. The van der Waals surface area contributed by atoms with Crippen molar-refractivity contribution in [2.24, 2.45) is 11.8 Å². The second-order valence-corrected chi connectivity index (χ2v) is 9.61. The number of benzene rings is 2. The molecule has 4 unspecified atom stereocenters. The SMILES string of the molecule is CC.CCN1CC2C=C(c3ccccc3C)C1C2.CN1CC2CC1C=C2c1cccc(F)c1. The van der Waals surface area contributed by atoms with E-state index in [4.69, 9.17) is 0 Å². The van der Waals surface area contributed by atoms with Crippen molar-refractivity contribution in [3.63, 3.8) is 0 Å². The Morgan fingerprint density at radius 2 is 1.73 bits per heavy atom. The smallest absolute Gasteiger partial charge is 0.123 e. The zero-order chi connectivity index (χ0) is 23.5. The quantitative estimate of drug-likeness (QED) is 0.519. The Morgan fingerprint density at radius 3 is 2.33 bits per heavy atom. The number of likely N-dealkylation sites (N-methyl/N-ethyl adjacent to an activating group) is 2. The predicted molar refractivity (Wildman–Crippen MR) is 139 cm³/mol. The third kappa shape index (κ3) is 4.85. The van der Waals surface area contributed by atoms with Gasteiger partial charge < -0.3 is 0 Å². The second-order valence-electron chi connectivity index (χ2n) is 9.61. The number of hydrogen-bond donors (Lipinski definition) is 0. The van der Waals surface area contributed by atoms with Gasteiger partial charge in [0.25, 0.3) is 0 Å². The normalized spacial score (nSPS) is 27.5.